The molecule has 0 N–H and O–H groups in total. The number of hydrogen-bond acceptors (Lipinski definition) is 6. The third-order valence-electron chi connectivity index (χ3n) is 4.20. The molecule has 1 aliphatic heterocycles. The molecule has 0 spiro atoms. The highest BCUT2D eigenvalue weighted by Gasteiger charge is 2.29. The summed E-state index contributed by atoms with van der Waals surface area (Å²) in [7, 11) is 0. The zero-order chi connectivity index (χ0) is 16.2. The van der Waals surface area contributed by atoms with Gasteiger partial charge in [0.2, 0.25) is 0 Å². The molecule has 1 aromatic carbocycles. The number of tetrazole rings is 1. The van der Waals surface area contributed by atoms with Crippen LogP contribution in [0.15, 0.2) is 47.8 Å². The lowest BCUT2D eigenvalue weighted by molar-refractivity contribution is 0.0223. The zero-order valence-corrected chi connectivity index (χ0v) is 14.1. The van der Waals surface area contributed by atoms with E-state index in [1.165, 1.54) is 10.4 Å². The highest BCUT2D eigenvalue weighted by atomic mass is 32.1. The van der Waals surface area contributed by atoms with E-state index < -0.39 is 0 Å². The third-order valence-corrected chi connectivity index (χ3v) is 5.13. The van der Waals surface area contributed by atoms with E-state index in [-0.39, 0.29) is 6.04 Å². The lowest BCUT2D eigenvalue weighted by Gasteiger charge is -2.33. The van der Waals surface area contributed by atoms with Crippen LogP contribution in [0.25, 0.3) is 0 Å². The van der Waals surface area contributed by atoms with Gasteiger partial charge in [-0.3, -0.25) is 4.90 Å². The van der Waals surface area contributed by atoms with Gasteiger partial charge in [-0.1, -0.05) is 36.4 Å². The van der Waals surface area contributed by atoms with E-state index in [2.05, 4.69) is 50.1 Å². The molecule has 3 heterocycles. The van der Waals surface area contributed by atoms with Crippen LogP contribution in [0.3, 0.4) is 0 Å². The SMILES string of the molecule is c1ccc(Cn2nnnc2[C@H](c2cccs2)N2CCOCC2)cc1. The van der Waals surface area contributed by atoms with E-state index in [1.54, 1.807) is 11.3 Å². The lowest BCUT2D eigenvalue weighted by Crippen LogP contribution is -2.40. The van der Waals surface area contributed by atoms with Gasteiger partial charge in [-0.2, -0.15) is 0 Å². The molecule has 24 heavy (non-hydrogen) atoms. The molecule has 0 amide bonds. The first-order chi connectivity index (χ1) is 11.9. The largest absolute Gasteiger partial charge is 0.379 e. The van der Waals surface area contributed by atoms with Gasteiger partial charge < -0.3 is 4.74 Å². The lowest BCUT2D eigenvalue weighted by atomic mass is 10.1. The van der Waals surface area contributed by atoms with Gasteiger partial charge in [-0.25, -0.2) is 4.68 Å². The summed E-state index contributed by atoms with van der Waals surface area (Å²) < 4.78 is 7.43. The van der Waals surface area contributed by atoms with E-state index in [9.17, 15) is 0 Å². The molecule has 0 saturated carbocycles. The monoisotopic (exact) mass is 341 g/mol. The summed E-state index contributed by atoms with van der Waals surface area (Å²) >= 11 is 1.75. The minimum absolute atomic E-state index is 0.0765. The Bertz CT molecular complexity index is 752. The van der Waals surface area contributed by atoms with E-state index in [0.29, 0.717) is 6.54 Å². The smallest absolute Gasteiger partial charge is 0.174 e. The van der Waals surface area contributed by atoms with Crippen molar-refractivity contribution < 1.29 is 4.74 Å². The van der Waals surface area contributed by atoms with Crippen molar-refractivity contribution in [3.8, 4) is 0 Å². The third kappa shape index (κ3) is 3.24. The molecule has 124 valence electrons. The Labute approximate surface area is 144 Å². The van der Waals surface area contributed by atoms with Crippen LogP contribution in [0.2, 0.25) is 0 Å². The average molecular weight is 341 g/mol. The van der Waals surface area contributed by atoms with E-state index in [4.69, 9.17) is 4.74 Å². The average Bonchev–Trinajstić information content (AvgIpc) is 3.31. The fourth-order valence-electron chi connectivity index (χ4n) is 3.03. The first-order valence-electron chi connectivity index (χ1n) is 8.07. The number of rotatable bonds is 5. The number of nitrogens with zero attached hydrogens (tertiary/aromatic N) is 5. The highest BCUT2D eigenvalue weighted by Crippen LogP contribution is 2.31. The van der Waals surface area contributed by atoms with Crippen LogP contribution in [0.1, 0.15) is 22.3 Å². The first kappa shape index (κ1) is 15.4. The van der Waals surface area contributed by atoms with Gasteiger partial charge in [0, 0.05) is 18.0 Å². The van der Waals surface area contributed by atoms with Crippen LogP contribution >= 0.6 is 11.3 Å². The molecular formula is C17H19N5OS. The molecule has 3 aromatic rings. The van der Waals surface area contributed by atoms with Crippen molar-refractivity contribution in [3.63, 3.8) is 0 Å². The second kappa shape index (κ2) is 7.21. The number of hydrogen-bond donors (Lipinski definition) is 0. The van der Waals surface area contributed by atoms with Crippen molar-refractivity contribution in [2.24, 2.45) is 0 Å². The molecule has 1 fully saturated rings. The molecule has 1 atom stereocenters. The maximum absolute atomic E-state index is 5.51. The predicted molar refractivity (Wildman–Crippen MR) is 91.9 cm³/mol. The standard InChI is InChI=1S/C17H19N5OS/c1-2-5-14(6-3-1)13-22-17(18-19-20-22)16(15-7-4-12-24-15)21-8-10-23-11-9-21/h1-7,12,16H,8-11,13H2/t16-/m0/s1. The summed E-state index contributed by atoms with van der Waals surface area (Å²) in [6.07, 6.45) is 0. The van der Waals surface area contributed by atoms with Gasteiger partial charge in [-0.05, 0) is 27.4 Å². The number of morpholine rings is 1. The molecule has 1 aliphatic rings. The Hall–Kier alpha value is -2.09. The molecule has 4 rings (SSSR count). The second-order valence-electron chi connectivity index (χ2n) is 5.75. The van der Waals surface area contributed by atoms with Crippen molar-refractivity contribution in [2.45, 2.75) is 12.6 Å². The molecule has 0 bridgehead atoms. The van der Waals surface area contributed by atoms with Crippen LogP contribution in [0.4, 0.5) is 0 Å². The summed E-state index contributed by atoms with van der Waals surface area (Å²) in [5.74, 6) is 0.892. The highest BCUT2D eigenvalue weighted by molar-refractivity contribution is 7.10. The zero-order valence-electron chi connectivity index (χ0n) is 13.3. The Morgan fingerprint density at radius 1 is 1.08 bits per heavy atom. The van der Waals surface area contributed by atoms with Crippen molar-refractivity contribution in [3.05, 3.63) is 64.1 Å². The number of aromatic nitrogens is 4. The fraction of sp³-hybridized carbons (Fsp3) is 0.353. The van der Waals surface area contributed by atoms with Crippen LogP contribution in [0, 0.1) is 0 Å². The number of thiophene rings is 1. The van der Waals surface area contributed by atoms with Crippen LogP contribution < -0.4 is 0 Å². The van der Waals surface area contributed by atoms with Crippen LogP contribution in [-0.4, -0.2) is 51.4 Å². The number of benzene rings is 1. The fourth-order valence-corrected chi connectivity index (χ4v) is 3.88. The second-order valence-corrected chi connectivity index (χ2v) is 6.73. The van der Waals surface area contributed by atoms with Crippen molar-refractivity contribution >= 4 is 11.3 Å². The topological polar surface area (TPSA) is 56.1 Å². The van der Waals surface area contributed by atoms with Crippen molar-refractivity contribution in [1.82, 2.24) is 25.1 Å². The number of ether oxygens (including phenoxy) is 1. The Morgan fingerprint density at radius 2 is 1.92 bits per heavy atom. The van der Waals surface area contributed by atoms with E-state index >= 15 is 0 Å². The maximum Gasteiger partial charge on any atom is 0.174 e. The maximum atomic E-state index is 5.51. The van der Waals surface area contributed by atoms with Crippen LogP contribution in [0.5, 0.6) is 0 Å². The summed E-state index contributed by atoms with van der Waals surface area (Å²) in [4.78, 5) is 3.67. The molecule has 1 saturated heterocycles. The molecule has 7 heteroatoms. The van der Waals surface area contributed by atoms with Gasteiger partial charge >= 0.3 is 0 Å². The van der Waals surface area contributed by atoms with Gasteiger partial charge in [0.1, 0.15) is 6.04 Å². The molecule has 2 aromatic heterocycles. The quantitative estimate of drug-likeness (QED) is 0.712. The summed E-state index contributed by atoms with van der Waals surface area (Å²) in [6, 6.07) is 14.6. The molecule has 0 radical (unpaired) electrons. The van der Waals surface area contributed by atoms with E-state index in [1.807, 2.05) is 22.9 Å². The Kier molecular flexibility index (Phi) is 4.64. The minimum Gasteiger partial charge on any atom is -0.379 e. The van der Waals surface area contributed by atoms with Gasteiger partial charge in [-0.15, -0.1) is 16.4 Å². The van der Waals surface area contributed by atoms with Crippen LogP contribution in [-0.2, 0) is 11.3 Å². The molecule has 0 aliphatic carbocycles. The van der Waals surface area contributed by atoms with Gasteiger partial charge in [0.15, 0.2) is 5.82 Å². The Balaban J connectivity index is 1.67. The summed E-state index contributed by atoms with van der Waals surface area (Å²) in [5.41, 5.74) is 1.19. The minimum atomic E-state index is 0.0765. The van der Waals surface area contributed by atoms with Gasteiger partial charge in [0.05, 0.1) is 19.8 Å². The Morgan fingerprint density at radius 3 is 2.67 bits per heavy atom. The molecular weight excluding hydrogens is 322 g/mol. The van der Waals surface area contributed by atoms with Crippen molar-refractivity contribution in [1.29, 1.82) is 0 Å². The molecule has 0 unspecified atom stereocenters. The van der Waals surface area contributed by atoms with E-state index in [0.717, 1.165) is 32.1 Å². The summed E-state index contributed by atoms with van der Waals surface area (Å²) in [5, 5.41) is 14.7. The van der Waals surface area contributed by atoms with Gasteiger partial charge in [0.25, 0.3) is 0 Å². The normalized spacial score (nSPS) is 17.0. The predicted octanol–water partition coefficient (Wildman–Crippen LogP) is 2.20. The first-order valence-corrected chi connectivity index (χ1v) is 8.95. The van der Waals surface area contributed by atoms with Crippen molar-refractivity contribution in [2.75, 3.05) is 26.3 Å². The summed E-state index contributed by atoms with van der Waals surface area (Å²) in [6.45, 7) is 3.96. The molecule has 6 nitrogen and oxygen atoms in total.